The topological polar surface area (TPSA) is 30.5 Å². The zero-order chi connectivity index (χ0) is 15.0. The maximum absolute atomic E-state index is 5.97. The van der Waals surface area contributed by atoms with Crippen LogP contribution in [0.3, 0.4) is 0 Å². The Hall–Kier alpha value is -1.55. The van der Waals surface area contributed by atoms with Crippen molar-refractivity contribution >= 4 is 12.4 Å². The standard InChI is InChI=1S/C19H23NO2.ClH/c1-2-7-16(8-3-1)15-22-19-11-5-4-9-17(19)13-20-14-18-10-6-12-21-18;/h1-5,7-9,11,18,20H,6,10,12-15H2;1H. The number of ether oxygens (including phenoxy) is 2. The fourth-order valence-corrected chi connectivity index (χ4v) is 2.70. The van der Waals surface area contributed by atoms with Crippen molar-refractivity contribution in [1.29, 1.82) is 0 Å². The van der Waals surface area contributed by atoms with Crippen LogP contribution in [0.5, 0.6) is 5.75 Å². The van der Waals surface area contributed by atoms with Crippen LogP contribution < -0.4 is 10.1 Å². The van der Waals surface area contributed by atoms with Gasteiger partial charge in [-0.1, -0.05) is 48.5 Å². The molecule has 2 aromatic carbocycles. The highest BCUT2D eigenvalue weighted by Crippen LogP contribution is 2.19. The molecule has 1 saturated heterocycles. The first-order valence-corrected chi connectivity index (χ1v) is 7.99. The highest BCUT2D eigenvalue weighted by molar-refractivity contribution is 5.85. The van der Waals surface area contributed by atoms with Crippen LogP contribution in [0.1, 0.15) is 24.0 Å². The Labute approximate surface area is 144 Å². The van der Waals surface area contributed by atoms with Crippen molar-refractivity contribution in [3.05, 3.63) is 65.7 Å². The highest BCUT2D eigenvalue weighted by Gasteiger charge is 2.14. The molecule has 3 rings (SSSR count). The van der Waals surface area contributed by atoms with E-state index in [1.165, 1.54) is 24.0 Å². The van der Waals surface area contributed by atoms with Gasteiger partial charge in [0.05, 0.1) is 6.10 Å². The Kier molecular flexibility index (Phi) is 7.40. The van der Waals surface area contributed by atoms with Gasteiger partial charge >= 0.3 is 0 Å². The lowest BCUT2D eigenvalue weighted by molar-refractivity contribution is 0.110. The van der Waals surface area contributed by atoms with E-state index in [-0.39, 0.29) is 12.4 Å². The Morgan fingerprint density at radius 3 is 2.61 bits per heavy atom. The number of para-hydroxylation sites is 1. The molecule has 2 aromatic rings. The number of rotatable bonds is 7. The number of hydrogen-bond acceptors (Lipinski definition) is 3. The van der Waals surface area contributed by atoms with E-state index in [2.05, 4.69) is 29.6 Å². The zero-order valence-corrected chi connectivity index (χ0v) is 14.1. The van der Waals surface area contributed by atoms with Crippen LogP contribution in [-0.2, 0) is 17.9 Å². The molecule has 1 N–H and O–H groups in total. The number of hydrogen-bond donors (Lipinski definition) is 1. The first-order valence-electron chi connectivity index (χ1n) is 7.99. The molecule has 3 nitrogen and oxygen atoms in total. The van der Waals surface area contributed by atoms with E-state index < -0.39 is 0 Å². The van der Waals surface area contributed by atoms with Crippen LogP contribution in [0.2, 0.25) is 0 Å². The Bertz CT molecular complexity index is 571. The molecule has 0 aliphatic carbocycles. The van der Waals surface area contributed by atoms with E-state index in [0.29, 0.717) is 12.7 Å². The molecule has 0 amide bonds. The van der Waals surface area contributed by atoms with Gasteiger partial charge in [-0.25, -0.2) is 0 Å². The molecule has 1 unspecified atom stereocenters. The van der Waals surface area contributed by atoms with E-state index in [1.807, 2.05) is 30.3 Å². The summed E-state index contributed by atoms with van der Waals surface area (Å²) in [5, 5.41) is 3.48. The third-order valence-electron chi connectivity index (χ3n) is 3.92. The van der Waals surface area contributed by atoms with Crippen LogP contribution in [0.25, 0.3) is 0 Å². The van der Waals surface area contributed by atoms with Crippen molar-refractivity contribution in [2.24, 2.45) is 0 Å². The van der Waals surface area contributed by atoms with Crippen molar-refractivity contribution < 1.29 is 9.47 Å². The van der Waals surface area contributed by atoms with Crippen LogP contribution in [0, 0.1) is 0 Å². The molecule has 4 heteroatoms. The average molecular weight is 334 g/mol. The SMILES string of the molecule is Cl.c1ccc(COc2ccccc2CNCC2CCCO2)cc1. The molecule has 0 bridgehead atoms. The molecule has 1 fully saturated rings. The Balaban J connectivity index is 0.00000192. The molecule has 23 heavy (non-hydrogen) atoms. The molecular formula is C19H24ClNO2. The van der Waals surface area contributed by atoms with E-state index in [1.54, 1.807) is 0 Å². The fraction of sp³-hybridized carbons (Fsp3) is 0.368. The monoisotopic (exact) mass is 333 g/mol. The highest BCUT2D eigenvalue weighted by atomic mass is 35.5. The second-order valence-corrected chi connectivity index (χ2v) is 5.65. The maximum atomic E-state index is 5.97. The van der Waals surface area contributed by atoms with Gasteiger partial charge in [0.15, 0.2) is 0 Å². The van der Waals surface area contributed by atoms with Crippen LogP contribution in [-0.4, -0.2) is 19.3 Å². The van der Waals surface area contributed by atoms with Gasteiger partial charge in [-0.05, 0) is 24.5 Å². The largest absolute Gasteiger partial charge is 0.489 e. The Morgan fingerprint density at radius 2 is 1.83 bits per heavy atom. The van der Waals surface area contributed by atoms with E-state index >= 15 is 0 Å². The van der Waals surface area contributed by atoms with Crippen molar-refractivity contribution in [1.82, 2.24) is 5.32 Å². The first-order chi connectivity index (χ1) is 10.9. The smallest absolute Gasteiger partial charge is 0.124 e. The van der Waals surface area contributed by atoms with Gasteiger partial charge in [-0.15, -0.1) is 12.4 Å². The van der Waals surface area contributed by atoms with Gasteiger partial charge in [-0.2, -0.15) is 0 Å². The minimum Gasteiger partial charge on any atom is -0.489 e. The van der Waals surface area contributed by atoms with E-state index in [9.17, 15) is 0 Å². The molecule has 0 radical (unpaired) electrons. The third kappa shape index (κ3) is 5.54. The minimum absolute atomic E-state index is 0. The summed E-state index contributed by atoms with van der Waals surface area (Å²) in [6.07, 6.45) is 2.72. The van der Waals surface area contributed by atoms with Gasteiger partial charge in [0.2, 0.25) is 0 Å². The molecule has 124 valence electrons. The molecule has 1 atom stereocenters. The van der Waals surface area contributed by atoms with Gasteiger partial charge in [0.1, 0.15) is 12.4 Å². The average Bonchev–Trinajstić information content (AvgIpc) is 3.08. The summed E-state index contributed by atoms with van der Waals surface area (Å²) in [6.45, 7) is 3.23. The summed E-state index contributed by atoms with van der Waals surface area (Å²) in [7, 11) is 0. The lowest BCUT2D eigenvalue weighted by Crippen LogP contribution is -2.25. The molecular weight excluding hydrogens is 310 g/mol. The van der Waals surface area contributed by atoms with Gasteiger partial charge < -0.3 is 14.8 Å². The predicted octanol–water partition coefficient (Wildman–Crippen LogP) is 3.96. The molecule has 1 heterocycles. The van der Waals surface area contributed by atoms with Crippen molar-refractivity contribution in [3.63, 3.8) is 0 Å². The van der Waals surface area contributed by atoms with E-state index in [0.717, 1.165) is 25.4 Å². The summed E-state index contributed by atoms with van der Waals surface area (Å²) in [6, 6.07) is 18.5. The van der Waals surface area contributed by atoms with E-state index in [4.69, 9.17) is 9.47 Å². The molecule has 0 saturated carbocycles. The van der Waals surface area contributed by atoms with Crippen LogP contribution in [0.15, 0.2) is 54.6 Å². The first kappa shape index (κ1) is 17.8. The fourth-order valence-electron chi connectivity index (χ4n) is 2.70. The van der Waals surface area contributed by atoms with Crippen molar-refractivity contribution in [2.75, 3.05) is 13.2 Å². The molecule has 0 spiro atoms. The number of benzene rings is 2. The summed E-state index contributed by atoms with van der Waals surface area (Å²) >= 11 is 0. The maximum Gasteiger partial charge on any atom is 0.124 e. The Morgan fingerprint density at radius 1 is 1.04 bits per heavy atom. The van der Waals surface area contributed by atoms with Gasteiger partial charge in [-0.3, -0.25) is 0 Å². The van der Waals surface area contributed by atoms with Gasteiger partial charge in [0.25, 0.3) is 0 Å². The van der Waals surface area contributed by atoms with Crippen LogP contribution in [0.4, 0.5) is 0 Å². The summed E-state index contributed by atoms with van der Waals surface area (Å²) < 4.78 is 11.6. The second-order valence-electron chi connectivity index (χ2n) is 5.65. The predicted molar refractivity (Wildman–Crippen MR) is 95.1 cm³/mol. The molecule has 1 aliphatic rings. The quantitative estimate of drug-likeness (QED) is 0.832. The summed E-state index contributed by atoms with van der Waals surface area (Å²) in [5.74, 6) is 0.950. The lowest BCUT2D eigenvalue weighted by Gasteiger charge is -2.14. The second kappa shape index (κ2) is 9.56. The lowest BCUT2D eigenvalue weighted by atomic mass is 10.2. The minimum atomic E-state index is 0. The number of nitrogens with one attached hydrogen (secondary N) is 1. The van der Waals surface area contributed by atoms with Crippen molar-refractivity contribution in [3.8, 4) is 5.75 Å². The van der Waals surface area contributed by atoms with Gasteiger partial charge in [0, 0.05) is 25.3 Å². The van der Waals surface area contributed by atoms with Crippen LogP contribution >= 0.6 is 12.4 Å². The molecule has 0 aromatic heterocycles. The zero-order valence-electron chi connectivity index (χ0n) is 13.2. The number of halogens is 1. The molecule has 1 aliphatic heterocycles. The third-order valence-corrected chi connectivity index (χ3v) is 3.92. The van der Waals surface area contributed by atoms with Crippen molar-refractivity contribution in [2.45, 2.75) is 32.1 Å². The summed E-state index contributed by atoms with van der Waals surface area (Å²) in [5.41, 5.74) is 2.38. The summed E-state index contributed by atoms with van der Waals surface area (Å²) in [4.78, 5) is 0. The normalized spacial score (nSPS) is 16.8.